The minimum Gasteiger partial charge on any atom is -0.478 e. The largest absolute Gasteiger partial charge is 0.478 e. The third-order valence-electron chi connectivity index (χ3n) is 6.16. The number of aryl methyl sites for hydroxylation is 2. The minimum absolute atomic E-state index is 0.0377. The molecule has 0 aromatic heterocycles. The lowest BCUT2D eigenvalue weighted by Crippen LogP contribution is -2.16. The van der Waals surface area contributed by atoms with Gasteiger partial charge < -0.3 is 10.4 Å². The second-order valence-electron chi connectivity index (χ2n) is 9.13. The molecule has 0 radical (unpaired) electrons. The van der Waals surface area contributed by atoms with Gasteiger partial charge in [-0.05, 0) is 72.5 Å². The van der Waals surface area contributed by atoms with Crippen LogP contribution in [0.15, 0.2) is 72.8 Å². The van der Waals surface area contributed by atoms with E-state index in [0.717, 1.165) is 33.4 Å². The Hall–Kier alpha value is -3.92. The normalized spacial score (nSPS) is 10.8. The van der Waals surface area contributed by atoms with E-state index < -0.39 is 11.9 Å². The van der Waals surface area contributed by atoms with Crippen molar-refractivity contribution in [1.82, 2.24) is 0 Å². The van der Waals surface area contributed by atoms with E-state index in [-0.39, 0.29) is 29.4 Å². The Balaban J connectivity index is 1.44. The van der Waals surface area contributed by atoms with Crippen LogP contribution in [-0.4, -0.2) is 22.2 Å². The first-order chi connectivity index (χ1) is 19.2. The van der Waals surface area contributed by atoms with E-state index in [4.69, 9.17) is 33.3 Å². The Labute approximate surface area is 241 Å². The van der Waals surface area contributed by atoms with E-state index in [1.807, 2.05) is 31.2 Å². The SMILES string of the molecule is Cc1ccc(CONc2ccc(-c3ccc(NC(=O)c4ccc(C)cc4C(=O)O)c(Cl)c3)cc2Cl)c(COO)c1. The number of hydrogen-bond donors (Lipinski definition) is 4. The third-order valence-corrected chi connectivity index (χ3v) is 6.79. The number of rotatable bonds is 10. The van der Waals surface area contributed by atoms with Crippen molar-refractivity contribution in [1.29, 1.82) is 0 Å². The molecule has 0 fully saturated rings. The molecule has 206 valence electrons. The predicted molar refractivity (Wildman–Crippen MR) is 155 cm³/mol. The first kappa shape index (κ1) is 29.1. The van der Waals surface area contributed by atoms with E-state index in [2.05, 4.69) is 15.7 Å². The summed E-state index contributed by atoms with van der Waals surface area (Å²) in [6.07, 6.45) is 0. The van der Waals surface area contributed by atoms with Crippen LogP contribution in [0.2, 0.25) is 10.0 Å². The fourth-order valence-electron chi connectivity index (χ4n) is 4.09. The van der Waals surface area contributed by atoms with E-state index in [1.165, 1.54) is 12.1 Å². The summed E-state index contributed by atoms with van der Waals surface area (Å²) in [7, 11) is 0. The summed E-state index contributed by atoms with van der Waals surface area (Å²) >= 11 is 12.9. The van der Waals surface area contributed by atoms with E-state index in [1.54, 1.807) is 43.3 Å². The summed E-state index contributed by atoms with van der Waals surface area (Å²) in [4.78, 5) is 34.3. The van der Waals surface area contributed by atoms with Crippen LogP contribution in [-0.2, 0) is 22.9 Å². The molecule has 0 aliphatic rings. The van der Waals surface area contributed by atoms with Crippen LogP contribution in [0, 0.1) is 13.8 Å². The van der Waals surface area contributed by atoms with Crippen LogP contribution in [0.5, 0.6) is 0 Å². The van der Waals surface area contributed by atoms with Crippen molar-refractivity contribution < 1.29 is 29.7 Å². The topological polar surface area (TPSA) is 117 Å². The van der Waals surface area contributed by atoms with Gasteiger partial charge in [-0.25, -0.2) is 9.68 Å². The summed E-state index contributed by atoms with van der Waals surface area (Å²) in [5.41, 5.74) is 8.66. The Morgan fingerprint density at radius 2 is 1.38 bits per heavy atom. The Morgan fingerprint density at radius 3 is 2.00 bits per heavy atom. The molecule has 0 bridgehead atoms. The van der Waals surface area contributed by atoms with Crippen molar-refractivity contribution in [3.8, 4) is 11.1 Å². The minimum atomic E-state index is -1.19. The second kappa shape index (κ2) is 13.0. The second-order valence-corrected chi connectivity index (χ2v) is 9.95. The van der Waals surface area contributed by atoms with Gasteiger partial charge in [0, 0.05) is 0 Å². The van der Waals surface area contributed by atoms with Gasteiger partial charge in [0.05, 0.1) is 39.2 Å². The third kappa shape index (κ3) is 6.98. The van der Waals surface area contributed by atoms with Gasteiger partial charge in [-0.3, -0.25) is 20.4 Å². The lowest BCUT2D eigenvalue weighted by Gasteiger charge is -2.14. The highest BCUT2D eigenvalue weighted by atomic mass is 35.5. The average molecular weight is 581 g/mol. The molecule has 0 unspecified atom stereocenters. The van der Waals surface area contributed by atoms with Crippen LogP contribution in [0.25, 0.3) is 11.1 Å². The average Bonchev–Trinajstić information content (AvgIpc) is 2.91. The quantitative estimate of drug-likeness (QED) is 0.112. The summed E-state index contributed by atoms with van der Waals surface area (Å²) in [5.74, 6) is -1.76. The van der Waals surface area contributed by atoms with Crippen LogP contribution in [0.3, 0.4) is 0 Å². The fraction of sp³-hybridized carbons (Fsp3) is 0.133. The summed E-state index contributed by atoms with van der Waals surface area (Å²) in [6.45, 7) is 3.97. The summed E-state index contributed by atoms with van der Waals surface area (Å²) < 4.78 is 0. The van der Waals surface area contributed by atoms with Gasteiger partial charge in [0.1, 0.15) is 6.61 Å². The van der Waals surface area contributed by atoms with Crippen molar-refractivity contribution in [3.63, 3.8) is 0 Å². The van der Waals surface area contributed by atoms with Gasteiger partial charge in [-0.1, -0.05) is 70.7 Å². The molecule has 0 spiro atoms. The molecule has 10 heteroatoms. The van der Waals surface area contributed by atoms with Crippen LogP contribution < -0.4 is 10.8 Å². The molecule has 0 saturated heterocycles. The molecule has 1 amide bonds. The first-order valence-corrected chi connectivity index (χ1v) is 12.9. The van der Waals surface area contributed by atoms with Gasteiger partial charge in [0.2, 0.25) is 0 Å². The highest BCUT2D eigenvalue weighted by Crippen LogP contribution is 2.33. The number of hydrogen-bond acceptors (Lipinski definition) is 6. The van der Waals surface area contributed by atoms with Crippen LogP contribution in [0.1, 0.15) is 43.0 Å². The van der Waals surface area contributed by atoms with Gasteiger partial charge in [-0.2, -0.15) is 0 Å². The zero-order chi connectivity index (χ0) is 28.8. The van der Waals surface area contributed by atoms with Crippen LogP contribution >= 0.6 is 23.2 Å². The van der Waals surface area contributed by atoms with Gasteiger partial charge in [0.15, 0.2) is 0 Å². The Kier molecular flexibility index (Phi) is 9.42. The smallest absolute Gasteiger partial charge is 0.336 e. The maximum atomic E-state index is 12.8. The number of halogens is 2. The number of amides is 1. The molecular weight excluding hydrogens is 555 g/mol. The molecular formula is C30H26Cl2N2O6. The van der Waals surface area contributed by atoms with E-state index in [9.17, 15) is 14.7 Å². The number of anilines is 2. The maximum Gasteiger partial charge on any atom is 0.336 e. The van der Waals surface area contributed by atoms with Crippen molar-refractivity contribution >= 4 is 46.5 Å². The number of benzene rings is 4. The molecule has 40 heavy (non-hydrogen) atoms. The fourth-order valence-corrected chi connectivity index (χ4v) is 4.53. The highest BCUT2D eigenvalue weighted by molar-refractivity contribution is 6.34. The lowest BCUT2D eigenvalue weighted by atomic mass is 10.0. The molecule has 4 N–H and O–H groups in total. The summed E-state index contributed by atoms with van der Waals surface area (Å²) in [6, 6.07) is 20.8. The summed E-state index contributed by atoms with van der Waals surface area (Å²) in [5, 5.41) is 21.7. The first-order valence-electron chi connectivity index (χ1n) is 12.1. The number of carbonyl (C=O) groups is 2. The van der Waals surface area contributed by atoms with Gasteiger partial charge >= 0.3 is 5.97 Å². The number of carbonyl (C=O) groups excluding carboxylic acids is 1. The molecule has 0 heterocycles. The van der Waals surface area contributed by atoms with Crippen molar-refractivity contribution in [3.05, 3.63) is 116 Å². The number of aromatic carboxylic acids is 1. The highest BCUT2D eigenvalue weighted by Gasteiger charge is 2.18. The lowest BCUT2D eigenvalue weighted by molar-refractivity contribution is -0.253. The van der Waals surface area contributed by atoms with E-state index in [0.29, 0.717) is 16.4 Å². The molecule has 0 aliphatic heterocycles. The van der Waals surface area contributed by atoms with Crippen molar-refractivity contribution in [2.75, 3.05) is 10.8 Å². The zero-order valence-corrected chi connectivity index (χ0v) is 23.1. The van der Waals surface area contributed by atoms with Gasteiger partial charge in [-0.15, -0.1) is 0 Å². The van der Waals surface area contributed by atoms with E-state index >= 15 is 0 Å². The molecule has 0 atom stereocenters. The molecule has 0 saturated carbocycles. The monoisotopic (exact) mass is 580 g/mol. The molecule has 4 aromatic rings. The molecule has 4 aromatic carbocycles. The van der Waals surface area contributed by atoms with Gasteiger partial charge in [0.25, 0.3) is 5.91 Å². The Bertz CT molecular complexity index is 1570. The van der Waals surface area contributed by atoms with Crippen molar-refractivity contribution in [2.45, 2.75) is 27.1 Å². The molecule has 0 aliphatic carbocycles. The number of carboxylic acid groups (broad SMARTS) is 1. The predicted octanol–water partition coefficient (Wildman–Crippen LogP) is 7.76. The molecule has 4 rings (SSSR count). The standard InChI is InChI=1S/C30H26Cl2N2O6/c1-17-3-5-21(22(11-17)16-40-38)15-39-34-28-10-7-20(14-26(28)32)19-6-9-27(25(31)13-19)33-29(35)23-8-4-18(2)12-24(23)30(36)37/h3-14,34,38H,15-16H2,1-2H3,(H,33,35)(H,36,37). The Morgan fingerprint density at radius 1 is 0.750 bits per heavy atom. The maximum absolute atomic E-state index is 12.8. The van der Waals surface area contributed by atoms with Crippen LogP contribution in [0.4, 0.5) is 11.4 Å². The number of carboxylic acids is 1. The number of nitrogens with one attached hydrogen (secondary N) is 2. The van der Waals surface area contributed by atoms with Crippen molar-refractivity contribution in [2.24, 2.45) is 0 Å². The zero-order valence-electron chi connectivity index (χ0n) is 21.6. The molecule has 8 nitrogen and oxygen atoms in total.